The molecule has 0 spiro atoms. The van der Waals surface area contributed by atoms with Gasteiger partial charge in [-0.2, -0.15) is 0 Å². The van der Waals surface area contributed by atoms with Crippen molar-refractivity contribution >= 4 is 21.6 Å². The van der Waals surface area contributed by atoms with E-state index in [-0.39, 0.29) is 12.6 Å². The minimum absolute atomic E-state index is 0.0367. The molecule has 0 radical (unpaired) electrons. The van der Waals surface area contributed by atoms with Crippen molar-refractivity contribution in [2.24, 2.45) is 5.73 Å². The van der Waals surface area contributed by atoms with Crippen LogP contribution < -0.4 is 11.1 Å². The second kappa shape index (κ2) is 5.34. The molecule has 0 aliphatic heterocycles. The first-order chi connectivity index (χ1) is 6.67. The Morgan fingerprint density at radius 3 is 2.86 bits per heavy atom. The van der Waals surface area contributed by atoms with Gasteiger partial charge in [-0.15, -0.1) is 0 Å². The average Bonchev–Trinajstić information content (AvgIpc) is 2.18. The summed E-state index contributed by atoms with van der Waals surface area (Å²) in [4.78, 5) is 0. The Hall–Kier alpha value is -0.580. The molecule has 0 fully saturated rings. The minimum Gasteiger partial charge on any atom is -0.394 e. The van der Waals surface area contributed by atoms with Crippen LogP contribution in [0.4, 0.5) is 5.69 Å². The Balaban J connectivity index is 2.87. The molecule has 0 aliphatic rings. The SMILES string of the molecule is CC(CO)Nc1cc(Br)ccc1CN. The Labute approximate surface area is 92.4 Å². The number of aliphatic hydroxyl groups is 1. The second-order valence-corrected chi connectivity index (χ2v) is 4.15. The quantitative estimate of drug-likeness (QED) is 0.771. The molecule has 0 aliphatic carbocycles. The van der Waals surface area contributed by atoms with E-state index in [1.54, 1.807) is 0 Å². The fourth-order valence-electron chi connectivity index (χ4n) is 1.17. The van der Waals surface area contributed by atoms with Crippen molar-refractivity contribution in [1.29, 1.82) is 0 Å². The molecule has 4 heteroatoms. The molecule has 1 rings (SSSR count). The van der Waals surface area contributed by atoms with Gasteiger partial charge in [0.05, 0.1) is 6.61 Å². The number of anilines is 1. The van der Waals surface area contributed by atoms with Gasteiger partial charge in [-0.1, -0.05) is 22.0 Å². The summed E-state index contributed by atoms with van der Waals surface area (Å²) >= 11 is 3.39. The predicted molar refractivity (Wildman–Crippen MR) is 62.2 cm³/mol. The monoisotopic (exact) mass is 258 g/mol. The van der Waals surface area contributed by atoms with Crippen molar-refractivity contribution in [3.05, 3.63) is 28.2 Å². The second-order valence-electron chi connectivity index (χ2n) is 3.23. The van der Waals surface area contributed by atoms with Crippen LogP contribution in [0.5, 0.6) is 0 Å². The largest absolute Gasteiger partial charge is 0.394 e. The van der Waals surface area contributed by atoms with Crippen LogP contribution in [0.1, 0.15) is 12.5 Å². The fraction of sp³-hybridized carbons (Fsp3) is 0.400. The number of hydrogen-bond acceptors (Lipinski definition) is 3. The number of nitrogens with two attached hydrogens (primary N) is 1. The van der Waals surface area contributed by atoms with E-state index in [0.717, 1.165) is 15.7 Å². The molecular weight excluding hydrogens is 244 g/mol. The molecule has 0 heterocycles. The van der Waals surface area contributed by atoms with Gasteiger partial charge in [0, 0.05) is 22.7 Å². The lowest BCUT2D eigenvalue weighted by Crippen LogP contribution is -2.20. The van der Waals surface area contributed by atoms with E-state index in [2.05, 4.69) is 21.2 Å². The van der Waals surface area contributed by atoms with Crippen LogP contribution in [-0.2, 0) is 6.54 Å². The molecule has 1 aromatic rings. The summed E-state index contributed by atoms with van der Waals surface area (Å²) < 4.78 is 1.00. The number of hydrogen-bond donors (Lipinski definition) is 3. The molecule has 0 saturated heterocycles. The summed E-state index contributed by atoms with van der Waals surface area (Å²) in [6, 6.07) is 5.93. The average molecular weight is 259 g/mol. The van der Waals surface area contributed by atoms with E-state index in [9.17, 15) is 0 Å². The van der Waals surface area contributed by atoms with Crippen molar-refractivity contribution in [1.82, 2.24) is 0 Å². The lowest BCUT2D eigenvalue weighted by molar-refractivity contribution is 0.281. The van der Waals surface area contributed by atoms with Gasteiger partial charge in [0.15, 0.2) is 0 Å². The molecular formula is C10H15BrN2O. The molecule has 0 bridgehead atoms. The van der Waals surface area contributed by atoms with E-state index >= 15 is 0 Å². The Bertz CT molecular complexity index is 304. The topological polar surface area (TPSA) is 58.3 Å². The van der Waals surface area contributed by atoms with Gasteiger partial charge in [-0.25, -0.2) is 0 Å². The zero-order valence-electron chi connectivity index (χ0n) is 8.13. The van der Waals surface area contributed by atoms with E-state index in [1.807, 2.05) is 25.1 Å². The third kappa shape index (κ3) is 2.97. The molecule has 1 unspecified atom stereocenters. The normalized spacial score (nSPS) is 12.6. The van der Waals surface area contributed by atoms with E-state index in [0.29, 0.717) is 6.54 Å². The zero-order valence-corrected chi connectivity index (χ0v) is 9.71. The number of nitrogens with one attached hydrogen (secondary N) is 1. The van der Waals surface area contributed by atoms with Crippen molar-refractivity contribution in [2.45, 2.75) is 19.5 Å². The van der Waals surface area contributed by atoms with Gasteiger partial charge in [-0.05, 0) is 24.6 Å². The highest BCUT2D eigenvalue weighted by molar-refractivity contribution is 9.10. The first kappa shape index (κ1) is 11.5. The minimum atomic E-state index is 0.0367. The molecule has 3 nitrogen and oxygen atoms in total. The van der Waals surface area contributed by atoms with Crippen molar-refractivity contribution in [2.75, 3.05) is 11.9 Å². The summed E-state index contributed by atoms with van der Waals surface area (Å²) in [6.07, 6.45) is 0. The molecule has 0 saturated carbocycles. The summed E-state index contributed by atoms with van der Waals surface area (Å²) in [5.74, 6) is 0. The van der Waals surface area contributed by atoms with E-state index < -0.39 is 0 Å². The number of benzene rings is 1. The molecule has 1 atom stereocenters. The third-order valence-electron chi connectivity index (χ3n) is 1.97. The maximum Gasteiger partial charge on any atom is 0.0630 e. The van der Waals surface area contributed by atoms with Gasteiger partial charge in [-0.3, -0.25) is 0 Å². The van der Waals surface area contributed by atoms with Crippen LogP contribution in [-0.4, -0.2) is 17.8 Å². The molecule has 78 valence electrons. The van der Waals surface area contributed by atoms with Gasteiger partial charge < -0.3 is 16.2 Å². The van der Waals surface area contributed by atoms with Gasteiger partial charge in [0.1, 0.15) is 0 Å². The number of rotatable bonds is 4. The van der Waals surface area contributed by atoms with Crippen LogP contribution in [0, 0.1) is 0 Å². The summed E-state index contributed by atoms with van der Waals surface area (Å²) in [7, 11) is 0. The molecule has 0 amide bonds. The molecule has 0 aromatic heterocycles. The molecule has 14 heavy (non-hydrogen) atoms. The van der Waals surface area contributed by atoms with Gasteiger partial charge >= 0.3 is 0 Å². The van der Waals surface area contributed by atoms with Crippen LogP contribution in [0.3, 0.4) is 0 Å². The number of aliphatic hydroxyl groups excluding tert-OH is 1. The highest BCUT2D eigenvalue weighted by Crippen LogP contribution is 2.21. The van der Waals surface area contributed by atoms with E-state index in [4.69, 9.17) is 10.8 Å². The van der Waals surface area contributed by atoms with Crippen molar-refractivity contribution in [3.63, 3.8) is 0 Å². The van der Waals surface area contributed by atoms with E-state index in [1.165, 1.54) is 0 Å². The molecule has 1 aromatic carbocycles. The third-order valence-corrected chi connectivity index (χ3v) is 2.46. The van der Waals surface area contributed by atoms with Crippen LogP contribution in [0.25, 0.3) is 0 Å². The maximum atomic E-state index is 8.92. The first-order valence-corrected chi connectivity index (χ1v) is 5.32. The predicted octanol–water partition coefficient (Wildman–Crippen LogP) is 1.70. The Morgan fingerprint density at radius 2 is 2.29 bits per heavy atom. The lowest BCUT2D eigenvalue weighted by Gasteiger charge is -2.15. The maximum absolute atomic E-state index is 8.92. The van der Waals surface area contributed by atoms with Gasteiger partial charge in [0.2, 0.25) is 0 Å². The highest BCUT2D eigenvalue weighted by Gasteiger charge is 2.04. The van der Waals surface area contributed by atoms with Crippen LogP contribution in [0.2, 0.25) is 0 Å². The standard InChI is InChI=1S/C10H15BrN2O/c1-7(6-14)13-10-4-9(11)3-2-8(10)5-12/h2-4,7,13-14H,5-6,12H2,1H3. The van der Waals surface area contributed by atoms with Crippen LogP contribution >= 0.6 is 15.9 Å². The Kier molecular flexibility index (Phi) is 4.38. The molecule has 4 N–H and O–H groups in total. The Morgan fingerprint density at radius 1 is 1.57 bits per heavy atom. The smallest absolute Gasteiger partial charge is 0.0630 e. The summed E-state index contributed by atoms with van der Waals surface area (Å²) in [6.45, 7) is 2.52. The van der Waals surface area contributed by atoms with Gasteiger partial charge in [0.25, 0.3) is 0 Å². The zero-order chi connectivity index (χ0) is 10.6. The lowest BCUT2D eigenvalue weighted by atomic mass is 10.1. The fourth-order valence-corrected chi connectivity index (χ4v) is 1.53. The van der Waals surface area contributed by atoms with Crippen LogP contribution in [0.15, 0.2) is 22.7 Å². The highest BCUT2D eigenvalue weighted by atomic mass is 79.9. The van der Waals surface area contributed by atoms with Crippen molar-refractivity contribution in [3.8, 4) is 0 Å². The van der Waals surface area contributed by atoms with Crippen molar-refractivity contribution < 1.29 is 5.11 Å². The first-order valence-electron chi connectivity index (χ1n) is 4.53. The summed E-state index contributed by atoms with van der Waals surface area (Å²) in [5, 5.41) is 12.1. The number of halogens is 1. The summed E-state index contributed by atoms with van der Waals surface area (Å²) in [5.41, 5.74) is 7.63.